The van der Waals surface area contributed by atoms with E-state index in [2.05, 4.69) is 16.5 Å². The topological polar surface area (TPSA) is 25.4 Å². The van der Waals surface area contributed by atoms with Crippen molar-refractivity contribution >= 4 is 11.8 Å². The quantitative estimate of drug-likeness (QED) is 0.649. The fourth-order valence-electron chi connectivity index (χ4n) is 1.36. The van der Waals surface area contributed by atoms with Gasteiger partial charge in [-0.25, -0.2) is 4.98 Å². The molecule has 1 aliphatic rings. The fourth-order valence-corrected chi connectivity index (χ4v) is 1.36. The molecule has 0 saturated carbocycles. The first-order valence-corrected chi connectivity index (χ1v) is 4.28. The molecule has 3 heteroatoms. The lowest BCUT2D eigenvalue weighted by Gasteiger charge is -2.26. The van der Waals surface area contributed by atoms with Crippen LogP contribution >= 0.6 is 0 Å². The average molecular weight is 176 g/mol. The monoisotopic (exact) mass is 176 g/mol. The van der Waals surface area contributed by atoms with Crippen molar-refractivity contribution in [1.82, 2.24) is 4.98 Å². The summed E-state index contributed by atoms with van der Waals surface area (Å²) in [7, 11) is 2.04. The second-order valence-electron chi connectivity index (χ2n) is 3.03. The molecule has 0 spiro atoms. The molecule has 0 amide bonds. The molecule has 0 saturated heterocycles. The Morgan fingerprint density at radius 2 is 2.46 bits per heavy atom. The van der Waals surface area contributed by atoms with Crippen molar-refractivity contribution in [3.63, 3.8) is 0 Å². The molecule has 0 aromatic carbocycles. The minimum Gasteiger partial charge on any atom is -0.474 e. The largest absolute Gasteiger partial charge is 0.474 e. The predicted molar refractivity (Wildman–Crippen MR) is 53.1 cm³/mol. The number of ether oxygens (including phenoxy) is 1. The maximum Gasteiger partial charge on any atom is 0.238 e. The maximum atomic E-state index is 5.44. The van der Waals surface area contributed by atoms with Gasteiger partial charge in [-0.3, -0.25) is 0 Å². The summed E-state index contributed by atoms with van der Waals surface area (Å²) in [5.74, 6) is 0.714. The van der Waals surface area contributed by atoms with Gasteiger partial charge in [-0.1, -0.05) is 6.58 Å². The zero-order valence-corrected chi connectivity index (χ0v) is 7.66. The highest BCUT2D eigenvalue weighted by molar-refractivity contribution is 5.59. The van der Waals surface area contributed by atoms with Crippen molar-refractivity contribution < 1.29 is 4.74 Å². The maximum absolute atomic E-state index is 5.44. The van der Waals surface area contributed by atoms with E-state index in [1.54, 1.807) is 6.08 Å². The van der Waals surface area contributed by atoms with Crippen molar-refractivity contribution in [3.05, 3.63) is 24.4 Å². The molecule has 1 aromatic rings. The van der Waals surface area contributed by atoms with Crippen LogP contribution in [0, 0.1) is 0 Å². The number of aromatic nitrogens is 1. The smallest absolute Gasteiger partial charge is 0.238 e. The SMILES string of the molecule is C=Cc1ccc2c(n1)OCCN2C. The van der Waals surface area contributed by atoms with Crippen LogP contribution in [0.3, 0.4) is 0 Å². The fraction of sp³-hybridized carbons (Fsp3) is 0.300. The van der Waals surface area contributed by atoms with E-state index in [1.807, 2.05) is 19.2 Å². The molecule has 0 atom stereocenters. The van der Waals surface area contributed by atoms with Crippen LogP contribution in [0.1, 0.15) is 5.69 Å². The summed E-state index contributed by atoms with van der Waals surface area (Å²) < 4.78 is 5.44. The molecule has 0 radical (unpaired) electrons. The Labute approximate surface area is 77.7 Å². The molecule has 3 nitrogen and oxygen atoms in total. The molecular weight excluding hydrogens is 164 g/mol. The first kappa shape index (κ1) is 8.10. The molecule has 0 fully saturated rings. The highest BCUT2D eigenvalue weighted by atomic mass is 16.5. The molecule has 0 unspecified atom stereocenters. The number of anilines is 1. The van der Waals surface area contributed by atoms with Crippen LogP contribution in [0.2, 0.25) is 0 Å². The van der Waals surface area contributed by atoms with Crippen LogP contribution in [0.4, 0.5) is 5.69 Å². The highest BCUT2D eigenvalue weighted by Gasteiger charge is 2.15. The molecular formula is C10H12N2O. The van der Waals surface area contributed by atoms with Gasteiger partial charge in [0, 0.05) is 7.05 Å². The number of nitrogens with zero attached hydrogens (tertiary/aromatic N) is 2. The first-order chi connectivity index (χ1) is 6.31. The Kier molecular flexibility index (Phi) is 1.93. The van der Waals surface area contributed by atoms with Crippen LogP contribution in [-0.4, -0.2) is 25.2 Å². The van der Waals surface area contributed by atoms with Crippen molar-refractivity contribution in [2.24, 2.45) is 0 Å². The van der Waals surface area contributed by atoms with Crippen molar-refractivity contribution in [3.8, 4) is 5.88 Å². The van der Waals surface area contributed by atoms with E-state index in [0.29, 0.717) is 12.5 Å². The van der Waals surface area contributed by atoms with E-state index >= 15 is 0 Å². The zero-order valence-electron chi connectivity index (χ0n) is 7.66. The molecule has 13 heavy (non-hydrogen) atoms. The van der Waals surface area contributed by atoms with Gasteiger partial charge in [0.2, 0.25) is 5.88 Å². The van der Waals surface area contributed by atoms with E-state index in [-0.39, 0.29) is 0 Å². The Morgan fingerprint density at radius 1 is 1.62 bits per heavy atom. The van der Waals surface area contributed by atoms with Crippen LogP contribution in [0.15, 0.2) is 18.7 Å². The van der Waals surface area contributed by atoms with E-state index < -0.39 is 0 Å². The van der Waals surface area contributed by atoms with Gasteiger partial charge >= 0.3 is 0 Å². The lowest BCUT2D eigenvalue weighted by Crippen LogP contribution is -2.29. The van der Waals surface area contributed by atoms with Gasteiger partial charge in [0.1, 0.15) is 6.61 Å². The molecule has 2 heterocycles. The predicted octanol–water partition coefficient (Wildman–Crippen LogP) is 1.55. The molecule has 2 rings (SSSR count). The van der Waals surface area contributed by atoms with Crippen molar-refractivity contribution in [2.45, 2.75) is 0 Å². The molecule has 68 valence electrons. The van der Waals surface area contributed by atoms with Gasteiger partial charge in [-0.2, -0.15) is 0 Å². The van der Waals surface area contributed by atoms with E-state index in [4.69, 9.17) is 4.74 Å². The summed E-state index contributed by atoms with van der Waals surface area (Å²) in [6.45, 7) is 5.29. The third-order valence-corrected chi connectivity index (χ3v) is 2.15. The van der Waals surface area contributed by atoms with Gasteiger partial charge < -0.3 is 9.64 Å². The second kappa shape index (κ2) is 3.09. The Morgan fingerprint density at radius 3 is 3.23 bits per heavy atom. The summed E-state index contributed by atoms with van der Waals surface area (Å²) in [4.78, 5) is 6.44. The van der Waals surface area contributed by atoms with Crippen LogP contribution in [-0.2, 0) is 0 Å². The zero-order chi connectivity index (χ0) is 9.26. The Bertz CT molecular complexity index is 336. The summed E-state index contributed by atoms with van der Waals surface area (Å²) in [5.41, 5.74) is 1.91. The van der Waals surface area contributed by atoms with Gasteiger partial charge in [0.05, 0.1) is 17.9 Å². The van der Waals surface area contributed by atoms with Gasteiger partial charge in [0.15, 0.2) is 0 Å². The lowest BCUT2D eigenvalue weighted by atomic mass is 10.3. The Hall–Kier alpha value is -1.51. The van der Waals surface area contributed by atoms with Crippen LogP contribution < -0.4 is 9.64 Å². The summed E-state index contributed by atoms with van der Waals surface area (Å²) in [6.07, 6.45) is 1.72. The molecule has 1 aromatic heterocycles. The third-order valence-electron chi connectivity index (χ3n) is 2.15. The van der Waals surface area contributed by atoms with Gasteiger partial charge in [0.25, 0.3) is 0 Å². The van der Waals surface area contributed by atoms with Crippen LogP contribution in [0.5, 0.6) is 5.88 Å². The molecule has 0 N–H and O–H groups in total. The summed E-state index contributed by atoms with van der Waals surface area (Å²) in [6, 6.07) is 3.95. The average Bonchev–Trinajstić information content (AvgIpc) is 2.18. The lowest BCUT2D eigenvalue weighted by molar-refractivity contribution is 0.298. The first-order valence-electron chi connectivity index (χ1n) is 4.28. The van der Waals surface area contributed by atoms with Crippen molar-refractivity contribution in [2.75, 3.05) is 25.1 Å². The number of likely N-dealkylation sites (N-methyl/N-ethyl adjacent to an activating group) is 1. The molecule has 0 bridgehead atoms. The standard InChI is InChI=1S/C10H12N2O/c1-3-8-4-5-9-10(11-8)13-7-6-12(9)2/h3-5H,1,6-7H2,2H3. The second-order valence-corrected chi connectivity index (χ2v) is 3.03. The minimum absolute atomic E-state index is 0.705. The molecule has 1 aliphatic heterocycles. The van der Waals surface area contributed by atoms with Crippen molar-refractivity contribution in [1.29, 1.82) is 0 Å². The third kappa shape index (κ3) is 1.37. The number of fused-ring (bicyclic) bond motifs is 1. The normalized spacial score (nSPS) is 14.7. The summed E-state index contributed by atoms with van der Waals surface area (Å²) in [5, 5.41) is 0. The Balaban J connectivity index is 2.45. The van der Waals surface area contributed by atoms with Gasteiger partial charge in [-0.15, -0.1) is 0 Å². The number of hydrogen-bond donors (Lipinski definition) is 0. The number of rotatable bonds is 1. The highest BCUT2D eigenvalue weighted by Crippen LogP contribution is 2.28. The number of hydrogen-bond acceptors (Lipinski definition) is 3. The molecule has 0 aliphatic carbocycles. The number of pyridine rings is 1. The minimum atomic E-state index is 0.705. The van der Waals surface area contributed by atoms with E-state index in [0.717, 1.165) is 17.9 Å². The summed E-state index contributed by atoms with van der Waals surface area (Å²) >= 11 is 0. The van der Waals surface area contributed by atoms with E-state index in [9.17, 15) is 0 Å². The van der Waals surface area contributed by atoms with E-state index in [1.165, 1.54) is 0 Å². The van der Waals surface area contributed by atoms with Crippen LogP contribution in [0.25, 0.3) is 6.08 Å². The van der Waals surface area contributed by atoms with Gasteiger partial charge in [-0.05, 0) is 18.2 Å².